The van der Waals surface area contributed by atoms with Crippen molar-refractivity contribution in [2.75, 3.05) is 11.1 Å². The summed E-state index contributed by atoms with van der Waals surface area (Å²) >= 11 is 1.31. The molecular formula is C20H17N5O2S. The second-order valence-electron chi connectivity index (χ2n) is 6.00. The van der Waals surface area contributed by atoms with E-state index in [-0.39, 0.29) is 11.7 Å². The van der Waals surface area contributed by atoms with Crippen LogP contribution in [0.5, 0.6) is 0 Å². The molecule has 0 bridgehead atoms. The van der Waals surface area contributed by atoms with Crippen molar-refractivity contribution in [3.8, 4) is 17.1 Å². The van der Waals surface area contributed by atoms with Gasteiger partial charge in [0.05, 0.1) is 5.75 Å². The Balaban J connectivity index is 1.58. The minimum atomic E-state index is -0.192. The van der Waals surface area contributed by atoms with Crippen LogP contribution in [0.2, 0.25) is 0 Å². The number of hydrogen-bond acceptors (Lipinski definition) is 6. The molecule has 0 radical (unpaired) electrons. The molecule has 1 N–H and O–H groups in total. The zero-order valence-electron chi connectivity index (χ0n) is 15.1. The predicted octanol–water partition coefficient (Wildman–Crippen LogP) is 3.96. The van der Waals surface area contributed by atoms with E-state index in [1.807, 2.05) is 65.2 Å². The topological polar surface area (TPSA) is 85.8 Å². The molecule has 0 spiro atoms. The molecule has 4 rings (SSSR count). The summed E-state index contributed by atoms with van der Waals surface area (Å²) in [6.07, 6.45) is 0. The molecule has 0 unspecified atom stereocenters. The van der Waals surface area contributed by atoms with Gasteiger partial charge in [0.25, 0.3) is 0 Å². The average molecular weight is 391 g/mol. The number of rotatable bonds is 6. The van der Waals surface area contributed by atoms with Crippen LogP contribution in [-0.4, -0.2) is 31.6 Å². The van der Waals surface area contributed by atoms with Gasteiger partial charge in [0.1, 0.15) is 5.76 Å². The summed E-state index contributed by atoms with van der Waals surface area (Å²) in [5, 5.41) is 15.8. The van der Waals surface area contributed by atoms with Crippen LogP contribution in [0.3, 0.4) is 0 Å². The molecule has 8 heteroatoms. The molecule has 0 saturated heterocycles. The van der Waals surface area contributed by atoms with E-state index in [0.717, 1.165) is 17.1 Å². The van der Waals surface area contributed by atoms with Crippen LogP contribution in [0.15, 0.2) is 76.4 Å². The molecule has 0 aliphatic rings. The molecule has 2 aromatic carbocycles. The fraction of sp³-hybridized carbons (Fsp3) is 0.100. The van der Waals surface area contributed by atoms with E-state index in [1.54, 1.807) is 13.0 Å². The number of anilines is 1. The van der Waals surface area contributed by atoms with Crippen molar-refractivity contribution in [3.63, 3.8) is 0 Å². The van der Waals surface area contributed by atoms with Crippen LogP contribution in [0, 0.1) is 6.92 Å². The molecule has 0 aliphatic heterocycles. The quantitative estimate of drug-likeness (QED) is 0.501. The lowest BCUT2D eigenvalue weighted by Crippen LogP contribution is -2.14. The van der Waals surface area contributed by atoms with Crippen LogP contribution < -0.4 is 5.32 Å². The monoisotopic (exact) mass is 391 g/mol. The van der Waals surface area contributed by atoms with Crippen LogP contribution in [0.4, 0.5) is 5.82 Å². The van der Waals surface area contributed by atoms with Gasteiger partial charge in [-0.3, -0.25) is 9.36 Å². The Morgan fingerprint density at radius 3 is 2.46 bits per heavy atom. The van der Waals surface area contributed by atoms with E-state index in [4.69, 9.17) is 4.52 Å². The van der Waals surface area contributed by atoms with Gasteiger partial charge in [-0.2, -0.15) is 0 Å². The lowest BCUT2D eigenvalue weighted by atomic mass is 10.2. The van der Waals surface area contributed by atoms with Gasteiger partial charge in [-0.15, -0.1) is 10.2 Å². The summed E-state index contributed by atoms with van der Waals surface area (Å²) in [7, 11) is 0. The van der Waals surface area contributed by atoms with Crippen molar-refractivity contribution < 1.29 is 9.32 Å². The third kappa shape index (κ3) is 3.96. The minimum Gasteiger partial charge on any atom is -0.360 e. The van der Waals surface area contributed by atoms with E-state index in [9.17, 15) is 4.79 Å². The van der Waals surface area contributed by atoms with Crippen LogP contribution in [0.25, 0.3) is 17.1 Å². The maximum Gasteiger partial charge on any atom is 0.236 e. The average Bonchev–Trinajstić information content (AvgIpc) is 3.33. The first-order valence-electron chi connectivity index (χ1n) is 8.63. The summed E-state index contributed by atoms with van der Waals surface area (Å²) in [6, 6.07) is 21.3. The van der Waals surface area contributed by atoms with E-state index < -0.39 is 0 Å². The highest BCUT2D eigenvalue weighted by molar-refractivity contribution is 7.99. The molecule has 0 saturated carbocycles. The largest absolute Gasteiger partial charge is 0.360 e. The first kappa shape index (κ1) is 18.0. The number of carbonyl (C=O) groups is 1. The number of para-hydroxylation sites is 1. The van der Waals surface area contributed by atoms with Gasteiger partial charge in [-0.05, 0) is 19.1 Å². The van der Waals surface area contributed by atoms with E-state index in [2.05, 4.69) is 20.7 Å². The molecular weight excluding hydrogens is 374 g/mol. The number of nitrogens with zero attached hydrogens (tertiary/aromatic N) is 4. The number of amides is 1. The molecule has 140 valence electrons. The number of carbonyl (C=O) groups excluding carboxylic acids is 1. The summed E-state index contributed by atoms with van der Waals surface area (Å²) in [5.74, 6) is 1.74. The predicted molar refractivity (Wildman–Crippen MR) is 107 cm³/mol. The highest BCUT2D eigenvalue weighted by Gasteiger charge is 2.17. The second-order valence-corrected chi connectivity index (χ2v) is 6.95. The Bertz CT molecular complexity index is 1080. The highest BCUT2D eigenvalue weighted by atomic mass is 32.2. The molecule has 4 aromatic rings. The third-order valence-corrected chi connectivity index (χ3v) is 4.84. The minimum absolute atomic E-state index is 0.172. The number of thioether (sulfide) groups is 1. The molecule has 0 atom stereocenters. The van der Waals surface area contributed by atoms with Crippen LogP contribution >= 0.6 is 11.8 Å². The Kier molecular flexibility index (Phi) is 5.20. The van der Waals surface area contributed by atoms with Crippen molar-refractivity contribution in [3.05, 3.63) is 72.5 Å². The van der Waals surface area contributed by atoms with Gasteiger partial charge in [0.15, 0.2) is 16.8 Å². The molecule has 0 fully saturated rings. The van der Waals surface area contributed by atoms with Crippen molar-refractivity contribution in [1.29, 1.82) is 0 Å². The molecule has 7 nitrogen and oxygen atoms in total. The van der Waals surface area contributed by atoms with E-state index in [0.29, 0.717) is 16.7 Å². The Morgan fingerprint density at radius 1 is 1.07 bits per heavy atom. The molecule has 28 heavy (non-hydrogen) atoms. The van der Waals surface area contributed by atoms with Gasteiger partial charge in [-0.1, -0.05) is 65.4 Å². The van der Waals surface area contributed by atoms with Crippen molar-refractivity contribution >= 4 is 23.5 Å². The van der Waals surface area contributed by atoms with E-state index in [1.165, 1.54) is 11.8 Å². The lowest BCUT2D eigenvalue weighted by molar-refractivity contribution is -0.113. The second kappa shape index (κ2) is 8.10. The first-order valence-corrected chi connectivity index (χ1v) is 9.61. The summed E-state index contributed by atoms with van der Waals surface area (Å²) in [5.41, 5.74) is 1.88. The number of hydrogen-bond donors (Lipinski definition) is 1. The number of benzene rings is 2. The first-order chi connectivity index (χ1) is 13.7. The summed E-state index contributed by atoms with van der Waals surface area (Å²) < 4.78 is 6.91. The molecule has 0 aliphatic carbocycles. The van der Waals surface area contributed by atoms with Crippen molar-refractivity contribution in [1.82, 2.24) is 19.9 Å². The summed E-state index contributed by atoms with van der Waals surface area (Å²) in [4.78, 5) is 12.2. The smallest absolute Gasteiger partial charge is 0.236 e. The SMILES string of the molecule is Cc1cc(NC(=O)CSc2nnc(-c3ccccc3)n2-c2ccccc2)no1. The van der Waals surface area contributed by atoms with Crippen LogP contribution in [0.1, 0.15) is 5.76 Å². The normalized spacial score (nSPS) is 10.8. The third-order valence-electron chi connectivity index (χ3n) is 3.91. The van der Waals surface area contributed by atoms with Crippen LogP contribution in [-0.2, 0) is 4.79 Å². The molecule has 1 amide bonds. The zero-order valence-corrected chi connectivity index (χ0v) is 15.9. The Hall–Kier alpha value is -3.39. The number of nitrogens with one attached hydrogen (secondary N) is 1. The molecule has 2 heterocycles. The maximum atomic E-state index is 12.2. The van der Waals surface area contributed by atoms with Gasteiger partial charge in [0.2, 0.25) is 5.91 Å². The van der Waals surface area contributed by atoms with Crippen molar-refractivity contribution in [2.45, 2.75) is 12.1 Å². The fourth-order valence-corrected chi connectivity index (χ4v) is 3.43. The van der Waals surface area contributed by atoms with Gasteiger partial charge < -0.3 is 9.84 Å². The van der Waals surface area contributed by atoms with Crippen molar-refractivity contribution in [2.24, 2.45) is 0 Å². The Morgan fingerprint density at radius 2 is 1.79 bits per heavy atom. The number of aryl methyl sites for hydroxylation is 1. The van der Waals surface area contributed by atoms with Gasteiger partial charge in [-0.25, -0.2) is 0 Å². The maximum absolute atomic E-state index is 12.2. The number of aromatic nitrogens is 4. The van der Waals surface area contributed by atoms with Gasteiger partial charge in [0, 0.05) is 17.3 Å². The standard InChI is InChI=1S/C20H17N5O2S/c1-14-12-17(24-27-14)21-18(26)13-28-20-23-22-19(15-8-4-2-5-9-15)25(20)16-10-6-3-7-11-16/h2-12H,13H2,1H3,(H,21,24,26). The highest BCUT2D eigenvalue weighted by Crippen LogP contribution is 2.27. The summed E-state index contributed by atoms with van der Waals surface area (Å²) in [6.45, 7) is 1.77. The van der Waals surface area contributed by atoms with Gasteiger partial charge >= 0.3 is 0 Å². The molecule has 2 aromatic heterocycles. The Labute approximate surface area is 165 Å². The lowest BCUT2D eigenvalue weighted by Gasteiger charge is -2.10. The van der Waals surface area contributed by atoms with E-state index >= 15 is 0 Å². The fourth-order valence-electron chi connectivity index (χ4n) is 2.68. The zero-order chi connectivity index (χ0) is 19.3.